The van der Waals surface area contributed by atoms with Crippen molar-refractivity contribution < 1.29 is 24.2 Å². The molecule has 1 aliphatic rings. The van der Waals surface area contributed by atoms with Crippen molar-refractivity contribution in [3.05, 3.63) is 96.2 Å². The molecule has 2 aromatic carbocycles. The number of carbonyl (C=O) groups excluding carboxylic acids is 1. The second-order valence-corrected chi connectivity index (χ2v) is 8.52. The summed E-state index contributed by atoms with van der Waals surface area (Å²) >= 11 is 1.20. The summed E-state index contributed by atoms with van der Waals surface area (Å²) in [5, 5.41) is 9.10. The quantitative estimate of drug-likeness (QED) is 0.546. The van der Waals surface area contributed by atoms with Crippen LogP contribution in [0.1, 0.15) is 41.4 Å². The number of hydrogen-bond acceptors (Lipinski definition) is 7. The Morgan fingerprint density at radius 3 is 2.59 bits per heavy atom. The van der Waals surface area contributed by atoms with Gasteiger partial charge in [-0.2, -0.15) is 0 Å². The number of carboxylic acids is 1. The van der Waals surface area contributed by atoms with Crippen LogP contribution in [-0.4, -0.2) is 35.3 Å². The number of aromatic nitrogens is 1. The molecule has 2 heterocycles. The van der Waals surface area contributed by atoms with Crippen molar-refractivity contribution >= 4 is 29.4 Å². The van der Waals surface area contributed by atoms with Gasteiger partial charge in [0.15, 0.2) is 4.80 Å². The van der Waals surface area contributed by atoms with E-state index in [1.807, 2.05) is 6.07 Å². The van der Waals surface area contributed by atoms with E-state index in [0.717, 1.165) is 0 Å². The number of carboxylic acid groups (broad SMARTS) is 1. The Labute approximate surface area is 198 Å². The Balaban J connectivity index is 1.92. The molecular weight excluding hydrogens is 456 g/mol. The van der Waals surface area contributed by atoms with Gasteiger partial charge in [-0.3, -0.25) is 9.36 Å². The average Bonchev–Trinajstić information content (AvgIpc) is 3.13. The van der Waals surface area contributed by atoms with Gasteiger partial charge < -0.3 is 14.6 Å². The van der Waals surface area contributed by atoms with Gasteiger partial charge in [-0.15, -0.1) is 0 Å². The van der Waals surface area contributed by atoms with Crippen LogP contribution in [-0.2, 0) is 9.53 Å². The molecule has 1 aromatic heterocycles. The van der Waals surface area contributed by atoms with Gasteiger partial charge in [-0.25, -0.2) is 14.6 Å². The number of rotatable bonds is 6. The summed E-state index contributed by atoms with van der Waals surface area (Å²) in [6, 6.07) is 12.7. The highest BCUT2D eigenvalue weighted by Crippen LogP contribution is 2.32. The van der Waals surface area contributed by atoms with E-state index in [1.54, 1.807) is 57.4 Å². The van der Waals surface area contributed by atoms with Crippen LogP contribution >= 0.6 is 11.3 Å². The maximum absolute atomic E-state index is 13.5. The van der Waals surface area contributed by atoms with Gasteiger partial charge in [0.2, 0.25) is 0 Å². The number of hydrogen-bond donors (Lipinski definition) is 1. The van der Waals surface area contributed by atoms with Crippen molar-refractivity contribution in [2.45, 2.75) is 19.9 Å². The number of fused-ring (bicyclic) bond motifs is 1. The van der Waals surface area contributed by atoms with Gasteiger partial charge in [0, 0.05) is 0 Å². The fourth-order valence-electron chi connectivity index (χ4n) is 3.79. The number of esters is 1. The molecule has 0 aliphatic carbocycles. The molecule has 8 nitrogen and oxygen atoms in total. The van der Waals surface area contributed by atoms with Crippen LogP contribution in [0.15, 0.2) is 69.6 Å². The lowest BCUT2D eigenvalue weighted by atomic mass is 9.95. The van der Waals surface area contributed by atoms with Crippen LogP contribution in [0.3, 0.4) is 0 Å². The van der Waals surface area contributed by atoms with E-state index >= 15 is 0 Å². The van der Waals surface area contributed by atoms with E-state index in [-0.39, 0.29) is 17.7 Å². The second kappa shape index (κ2) is 9.48. The first-order valence-corrected chi connectivity index (χ1v) is 11.3. The van der Waals surface area contributed by atoms with E-state index in [2.05, 4.69) is 4.99 Å². The van der Waals surface area contributed by atoms with Gasteiger partial charge in [0.25, 0.3) is 5.56 Å². The molecule has 174 valence electrons. The summed E-state index contributed by atoms with van der Waals surface area (Å²) in [5.41, 5.74) is 1.98. The lowest BCUT2D eigenvalue weighted by Gasteiger charge is -2.25. The standard InChI is InChI=1S/C25H22N2O6S/c1-4-33-24(31)20-14(2)26-25-27(21(20)17-6-5-7-18(13-17)32-3)22(28)19(34-25)12-15-8-10-16(11-9-15)23(29)30/h5-13,21H,4H2,1-3H3,(H,29,30)/b19-12-/t21-/m1/s1. The highest BCUT2D eigenvalue weighted by atomic mass is 32.1. The highest BCUT2D eigenvalue weighted by Gasteiger charge is 2.33. The Bertz CT molecular complexity index is 1480. The molecule has 0 radical (unpaired) electrons. The van der Waals surface area contributed by atoms with Crippen LogP contribution in [0.2, 0.25) is 0 Å². The SMILES string of the molecule is CCOC(=O)C1=C(C)N=c2s/c(=C\c3ccc(C(=O)O)cc3)c(=O)n2[C@@H]1c1cccc(OC)c1. The van der Waals surface area contributed by atoms with E-state index in [9.17, 15) is 14.4 Å². The minimum absolute atomic E-state index is 0.159. The normalized spacial score (nSPS) is 15.5. The van der Waals surface area contributed by atoms with Gasteiger partial charge >= 0.3 is 11.9 Å². The van der Waals surface area contributed by atoms with Gasteiger partial charge in [0.05, 0.1) is 41.1 Å². The summed E-state index contributed by atoms with van der Waals surface area (Å²) in [7, 11) is 1.55. The summed E-state index contributed by atoms with van der Waals surface area (Å²) in [4.78, 5) is 42.6. The lowest BCUT2D eigenvalue weighted by Crippen LogP contribution is -2.39. The van der Waals surface area contributed by atoms with Crippen molar-refractivity contribution in [2.75, 3.05) is 13.7 Å². The van der Waals surface area contributed by atoms with E-state index in [1.165, 1.54) is 28.0 Å². The third kappa shape index (κ3) is 4.29. The minimum Gasteiger partial charge on any atom is -0.497 e. The van der Waals surface area contributed by atoms with Gasteiger partial charge in [0.1, 0.15) is 5.75 Å². The topological polar surface area (TPSA) is 107 Å². The first-order chi connectivity index (χ1) is 16.3. The second-order valence-electron chi connectivity index (χ2n) is 7.51. The molecule has 0 unspecified atom stereocenters. The number of carbonyl (C=O) groups is 2. The van der Waals surface area contributed by atoms with Crippen molar-refractivity contribution in [3.63, 3.8) is 0 Å². The highest BCUT2D eigenvalue weighted by molar-refractivity contribution is 7.07. The van der Waals surface area contributed by atoms with E-state index in [4.69, 9.17) is 14.6 Å². The maximum atomic E-state index is 13.5. The van der Waals surface area contributed by atoms with E-state index in [0.29, 0.717) is 37.5 Å². The average molecular weight is 479 g/mol. The molecule has 1 atom stereocenters. The fourth-order valence-corrected chi connectivity index (χ4v) is 4.84. The third-order valence-corrected chi connectivity index (χ3v) is 6.36. The molecular formula is C25H22N2O6S. The number of ether oxygens (including phenoxy) is 2. The molecule has 0 fully saturated rings. The summed E-state index contributed by atoms with van der Waals surface area (Å²) in [5.74, 6) is -0.961. The zero-order valence-electron chi connectivity index (χ0n) is 18.8. The van der Waals surface area contributed by atoms with Crippen LogP contribution in [0, 0.1) is 0 Å². The molecule has 0 bridgehead atoms. The smallest absolute Gasteiger partial charge is 0.338 e. The third-order valence-electron chi connectivity index (χ3n) is 5.38. The molecule has 1 aliphatic heterocycles. The zero-order chi connectivity index (χ0) is 24.4. The predicted octanol–water partition coefficient (Wildman–Crippen LogP) is 2.51. The number of methoxy groups -OCH3 is 1. The molecule has 34 heavy (non-hydrogen) atoms. The maximum Gasteiger partial charge on any atom is 0.338 e. The molecule has 0 amide bonds. The van der Waals surface area contributed by atoms with E-state index < -0.39 is 18.0 Å². The Kier molecular flexibility index (Phi) is 6.47. The van der Waals surface area contributed by atoms with Crippen molar-refractivity contribution in [1.82, 2.24) is 4.57 Å². The number of nitrogens with zero attached hydrogens (tertiary/aromatic N) is 2. The number of benzene rings is 2. The molecule has 4 rings (SSSR count). The molecule has 9 heteroatoms. The molecule has 0 spiro atoms. The first kappa shape index (κ1) is 23.2. The Hall–Kier alpha value is -3.98. The van der Waals surface area contributed by atoms with Crippen molar-refractivity contribution in [2.24, 2.45) is 4.99 Å². The van der Waals surface area contributed by atoms with Gasteiger partial charge in [-0.05, 0) is 55.3 Å². The molecule has 1 N–H and O–H groups in total. The van der Waals surface area contributed by atoms with Crippen LogP contribution in [0.5, 0.6) is 5.75 Å². The van der Waals surface area contributed by atoms with Crippen LogP contribution < -0.4 is 19.6 Å². The van der Waals surface area contributed by atoms with Gasteiger partial charge in [-0.1, -0.05) is 35.6 Å². The van der Waals surface area contributed by atoms with Crippen LogP contribution in [0.25, 0.3) is 6.08 Å². The molecule has 0 saturated heterocycles. The zero-order valence-corrected chi connectivity index (χ0v) is 19.6. The van der Waals surface area contributed by atoms with Crippen molar-refractivity contribution in [3.8, 4) is 5.75 Å². The number of allylic oxidation sites excluding steroid dienone is 1. The van der Waals surface area contributed by atoms with Crippen molar-refractivity contribution in [1.29, 1.82) is 0 Å². The fraction of sp³-hybridized carbons (Fsp3) is 0.200. The minimum atomic E-state index is -1.02. The Morgan fingerprint density at radius 1 is 1.21 bits per heavy atom. The molecule has 3 aromatic rings. The summed E-state index contributed by atoms with van der Waals surface area (Å²) in [6.45, 7) is 3.64. The summed E-state index contributed by atoms with van der Waals surface area (Å²) in [6.07, 6.45) is 1.68. The number of thiazole rings is 1. The molecule has 0 saturated carbocycles. The van der Waals surface area contributed by atoms with Crippen LogP contribution in [0.4, 0.5) is 0 Å². The first-order valence-electron chi connectivity index (χ1n) is 10.5. The number of aromatic carboxylic acids is 1. The Morgan fingerprint density at radius 2 is 1.94 bits per heavy atom. The predicted molar refractivity (Wildman–Crippen MR) is 127 cm³/mol. The lowest BCUT2D eigenvalue weighted by molar-refractivity contribution is -0.139. The largest absolute Gasteiger partial charge is 0.497 e. The monoisotopic (exact) mass is 478 g/mol. The summed E-state index contributed by atoms with van der Waals surface area (Å²) < 4.78 is 12.6.